The third kappa shape index (κ3) is 7.40. The molecule has 0 radical (unpaired) electrons. The van der Waals surface area contributed by atoms with E-state index < -0.39 is 0 Å². The summed E-state index contributed by atoms with van der Waals surface area (Å²) in [7, 11) is 3.45. The number of hydrogen-bond acceptors (Lipinski definition) is 4. The topological polar surface area (TPSA) is 64.1 Å². The minimum absolute atomic E-state index is 0. The van der Waals surface area contributed by atoms with E-state index >= 15 is 0 Å². The number of nitrogens with one attached hydrogen (secondary N) is 2. The molecule has 0 amide bonds. The van der Waals surface area contributed by atoms with Crippen LogP contribution in [-0.4, -0.2) is 45.9 Å². The van der Waals surface area contributed by atoms with Gasteiger partial charge in [0.25, 0.3) is 0 Å². The minimum Gasteiger partial charge on any atom is -0.497 e. The third-order valence-electron chi connectivity index (χ3n) is 4.62. The molecule has 6 nitrogen and oxygen atoms in total. The van der Waals surface area contributed by atoms with Crippen LogP contribution in [0, 0.1) is 0 Å². The summed E-state index contributed by atoms with van der Waals surface area (Å²) in [5.74, 6) is 2.64. The predicted molar refractivity (Wildman–Crippen MR) is 127 cm³/mol. The molecule has 0 aromatic heterocycles. The number of methoxy groups -OCH3 is 1. The van der Waals surface area contributed by atoms with Gasteiger partial charge in [0.1, 0.15) is 17.6 Å². The van der Waals surface area contributed by atoms with Gasteiger partial charge in [-0.15, -0.1) is 24.0 Å². The molecular weight excluding hydrogens is 481 g/mol. The number of aliphatic imine (C=N–C) groups is 1. The van der Waals surface area contributed by atoms with E-state index in [2.05, 4.69) is 27.8 Å². The van der Waals surface area contributed by atoms with Crippen molar-refractivity contribution in [1.29, 1.82) is 0 Å². The zero-order valence-electron chi connectivity index (χ0n) is 17.0. The van der Waals surface area contributed by atoms with Crippen molar-refractivity contribution in [2.24, 2.45) is 4.99 Å². The van der Waals surface area contributed by atoms with Crippen LogP contribution in [0.2, 0.25) is 0 Å². The maximum absolute atomic E-state index is 5.94. The van der Waals surface area contributed by atoms with Crippen LogP contribution in [0.5, 0.6) is 11.5 Å². The van der Waals surface area contributed by atoms with Crippen LogP contribution in [0.3, 0.4) is 0 Å². The van der Waals surface area contributed by atoms with Crippen molar-refractivity contribution in [3.63, 3.8) is 0 Å². The Morgan fingerprint density at radius 1 is 1.14 bits per heavy atom. The van der Waals surface area contributed by atoms with Crippen LogP contribution >= 0.6 is 24.0 Å². The standard InChI is InChI=1S/C22H29N3O3.HI/c1-23-22(25-15-20-14-18-6-3-4-7-21(18)28-20)24-12-5-13-27-16-17-8-10-19(26-2)11-9-17;/h3-4,6-11,20H,5,12-16H2,1-2H3,(H2,23,24,25);1H. The molecule has 0 spiro atoms. The summed E-state index contributed by atoms with van der Waals surface area (Å²) < 4.78 is 16.8. The molecule has 0 saturated heterocycles. The molecule has 1 heterocycles. The second kappa shape index (κ2) is 12.5. The van der Waals surface area contributed by atoms with E-state index in [1.54, 1.807) is 14.2 Å². The lowest BCUT2D eigenvalue weighted by Crippen LogP contribution is -2.42. The molecule has 158 valence electrons. The first kappa shape index (κ1) is 23.3. The Morgan fingerprint density at radius 3 is 2.66 bits per heavy atom. The lowest BCUT2D eigenvalue weighted by Gasteiger charge is -2.15. The van der Waals surface area contributed by atoms with E-state index in [-0.39, 0.29) is 30.1 Å². The van der Waals surface area contributed by atoms with E-state index in [4.69, 9.17) is 14.2 Å². The fourth-order valence-electron chi connectivity index (χ4n) is 3.09. The van der Waals surface area contributed by atoms with Crippen molar-refractivity contribution in [3.05, 3.63) is 59.7 Å². The maximum atomic E-state index is 5.94. The highest BCUT2D eigenvalue weighted by atomic mass is 127. The normalized spacial score (nSPS) is 15.1. The second-order valence-corrected chi connectivity index (χ2v) is 6.69. The van der Waals surface area contributed by atoms with E-state index in [0.29, 0.717) is 13.2 Å². The lowest BCUT2D eigenvalue weighted by atomic mass is 10.1. The Hall–Kier alpha value is -2.00. The smallest absolute Gasteiger partial charge is 0.191 e. The lowest BCUT2D eigenvalue weighted by molar-refractivity contribution is 0.119. The Bertz CT molecular complexity index is 743. The molecule has 0 fully saturated rings. The Kier molecular flexibility index (Phi) is 10.1. The highest BCUT2D eigenvalue weighted by Crippen LogP contribution is 2.27. The van der Waals surface area contributed by atoms with Crippen molar-refractivity contribution >= 4 is 29.9 Å². The van der Waals surface area contributed by atoms with Gasteiger partial charge >= 0.3 is 0 Å². The number of para-hydroxylation sites is 1. The molecule has 7 heteroatoms. The van der Waals surface area contributed by atoms with Gasteiger partial charge in [0, 0.05) is 26.6 Å². The summed E-state index contributed by atoms with van der Waals surface area (Å²) in [6, 6.07) is 16.1. The van der Waals surface area contributed by atoms with Crippen molar-refractivity contribution < 1.29 is 14.2 Å². The van der Waals surface area contributed by atoms with Crippen LogP contribution < -0.4 is 20.1 Å². The number of nitrogens with zero attached hydrogens (tertiary/aromatic N) is 1. The number of rotatable bonds is 9. The highest BCUT2D eigenvalue weighted by molar-refractivity contribution is 14.0. The van der Waals surface area contributed by atoms with Gasteiger partial charge in [-0.1, -0.05) is 30.3 Å². The van der Waals surface area contributed by atoms with Gasteiger partial charge < -0.3 is 24.8 Å². The summed E-state index contributed by atoms with van der Waals surface area (Å²) in [5, 5.41) is 6.65. The second-order valence-electron chi connectivity index (χ2n) is 6.69. The number of benzene rings is 2. The fourth-order valence-corrected chi connectivity index (χ4v) is 3.09. The third-order valence-corrected chi connectivity index (χ3v) is 4.62. The molecule has 1 atom stereocenters. The predicted octanol–water partition coefficient (Wildman–Crippen LogP) is 3.39. The minimum atomic E-state index is 0. The summed E-state index contributed by atoms with van der Waals surface area (Å²) in [6.45, 7) is 2.82. The summed E-state index contributed by atoms with van der Waals surface area (Å²) in [4.78, 5) is 4.27. The number of hydrogen-bond donors (Lipinski definition) is 2. The SMILES string of the molecule is CN=C(NCCCOCc1ccc(OC)cc1)NCC1Cc2ccccc2O1.I. The van der Waals surface area contributed by atoms with Gasteiger partial charge in [-0.3, -0.25) is 4.99 Å². The molecule has 29 heavy (non-hydrogen) atoms. The van der Waals surface area contributed by atoms with Crippen LogP contribution in [0.4, 0.5) is 0 Å². The van der Waals surface area contributed by atoms with Crippen molar-refractivity contribution in [2.45, 2.75) is 25.6 Å². The molecule has 2 aromatic rings. The molecular formula is C22H30IN3O3. The Labute approximate surface area is 190 Å². The van der Waals surface area contributed by atoms with Crippen molar-refractivity contribution in [3.8, 4) is 11.5 Å². The zero-order chi connectivity index (χ0) is 19.6. The molecule has 1 aliphatic heterocycles. The molecule has 3 rings (SSSR count). The van der Waals surface area contributed by atoms with E-state index in [1.165, 1.54) is 5.56 Å². The monoisotopic (exact) mass is 511 g/mol. The Balaban J connectivity index is 0.00000300. The van der Waals surface area contributed by atoms with E-state index in [9.17, 15) is 0 Å². The number of guanidine groups is 1. The van der Waals surface area contributed by atoms with Crippen molar-refractivity contribution in [1.82, 2.24) is 10.6 Å². The fraction of sp³-hybridized carbons (Fsp3) is 0.409. The molecule has 0 saturated carbocycles. The molecule has 2 aromatic carbocycles. The van der Waals surface area contributed by atoms with Gasteiger partial charge in [-0.25, -0.2) is 0 Å². The van der Waals surface area contributed by atoms with E-state index in [0.717, 1.165) is 49.0 Å². The van der Waals surface area contributed by atoms with Gasteiger partial charge in [0.15, 0.2) is 5.96 Å². The highest BCUT2D eigenvalue weighted by Gasteiger charge is 2.22. The van der Waals surface area contributed by atoms with Gasteiger partial charge in [0.2, 0.25) is 0 Å². The average molecular weight is 511 g/mol. The molecule has 2 N–H and O–H groups in total. The van der Waals surface area contributed by atoms with E-state index in [1.807, 2.05) is 36.4 Å². The maximum Gasteiger partial charge on any atom is 0.191 e. The number of ether oxygens (including phenoxy) is 3. The first-order valence-corrected chi connectivity index (χ1v) is 9.68. The number of fused-ring (bicyclic) bond motifs is 1. The van der Waals surface area contributed by atoms with Gasteiger partial charge in [-0.05, 0) is 35.7 Å². The van der Waals surface area contributed by atoms with Crippen LogP contribution in [-0.2, 0) is 17.8 Å². The van der Waals surface area contributed by atoms with Gasteiger partial charge in [0.05, 0.1) is 20.3 Å². The summed E-state index contributed by atoms with van der Waals surface area (Å²) in [6.07, 6.45) is 1.98. The average Bonchev–Trinajstić information content (AvgIpc) is 3.16. The molecule has 1 unspecified atom stereocenters. The largest absolute Gasteiger partial charge is 0.497 e. The van der Waals surface area contributed by atoms with Crippen LogP contribution in [0.1, 0.15) is 17.5 Å². The molecule has 1 aliphatic rings. The summed E-state index contributed by atoms with van der Waals surface area (Å²) >= 11 is 0. The van der Waals surface area contributed by atoms with Crippen molar-refractivity contribution in [2.75, 3.05) is 33.9 Å². The Morgan fingerprint density at radius 2 is 1.93 bits per heavy atom. The van der Waals surface area contributed by atoms with Crippen LogP contribution in [0.15, 0.2) is 53.5 Å². The van der Waals surface area contributed by atoms with Crippen LogP contribution in [0.25, 0.3) is 0 Å². The first-order chi connectivity index (χ1) is 13.8. The van der Waals surface area contributed by atoms with Gasteiger partial charge in [-0.2, -0.15) is 0 Å². The summed E-state index contributed by atoms with van der Waals surface area (Å²) in [5.41, 5.74) is 2.41. The first-order valence-electron chi connectivity index (χ1n) is 9.68. The molecule has 0 bridgehead atoms. The zero-order valence-corrected chi connectivity index (χ0v) is 19.3. The quantitative estimate of drug-likeness (QED) is 0.234. The number of halogens is 1. The molecule has 0 aliphatic carbocycles.